The molecule has 0 unspecified atom stereocenters. The van der Waals surface area contributed by atoms with E-state index in [1.807, 2.05) is 12.1 Å². The van der Waals surface area contributed by atoms with Crippen molar-refractivity contribution in [2.75, 3.05) is 19.5 Å². The normalized spacial score (nSPS) is 13.5. The molecular weight excluding hydrogens is 242 g/mol. The van der Waals surface area contributed by atoms with E-state index in [2.05, 4.69) is 16.0 Å². The number of aromatic nitrogens is 2. The molecule has 0 saturated carbocycles. The van der Waals surface area contributed by atoms with Gasteiger partial charge in [0, 0.05) is 11.6 Å². The summed E-state index contributed by atoms with van der Waals surface area (Å²) in [5.74, 6) is 1.55. The third-order valence-corrected chi connectivity index (χ3v) is 3.14. The Morgan fingerprint density at radius 3 is 3.05 bits per heavy atom. The van der Waals surface area contributed by atoms with Crippen LogP contribution < -0.4 is 15.2 Å². The number of nitrogens with zero attached hydrogens (tertiary/aromatic N) is 2. The molecule has 0 radical (unpaired) electrons. The highest BCUT2D eigenvalue weighted by Gasteiger charge is 2.17. The predicted octanol–water partition coefficient (Wildman–Crippen LogP) is 2.06. The van der Waals surface area contributed by atoms with Crippen molar-refractivity contribution in [3.63, 3.8) is 0 Å². The number of para-hydroxylation sites is 1. The number of nitrogen functional groups attached to an aromatic ring is 1. The molecule has 0 atom stereocenters. The van der Waals surface area contributed by atoms with Gasteiger partial charge < -0.3 is 15.2 Å². The van der Waals surface area contributed by atoms with E-state index in [1.165, 1.54) is 5.56 Å². The van der Waals surface area contributed by atoms with Crippen molar-refractivity contribution >= 4 is 5.95 Å². The number of methoxy groups -OCH3 is 1. The van der Waals surface area contributed by atoms with Crippen molar-refractivity contribution in [1.29, 1.82) is 0 Å². The molecule has 1 aromatic heterocycles. The molecule has 2 N–H and O–H groups in total. The highest BCUT2D eigenvalue weighted by molar-refractivity contribution is 5.70. The average Bonchev–Trinajstić information content (AvgIpc) is 2.46. The highest BCUT2D eigenvalue weighted by Crippen LogP contribution is 2.36. The molecule has 2 aromatic rings. The number of hydrogen-bond acceptors (Lipinski definition) is 5. The first kappa shape index (κ1) is 11.8. The van der Waals surface area contributed by atoms with Crippen LogP contribution in [-0.4, -0.2) is 23.7 Å². The summed E-state index contributed by atoms with van der Waals surface area (Å²) in [6, 6.07) is 7.84. The van der Waals surface area contributed by atoms with Crippen LogP contribution in [0.3, 0.4) is 0 Å². The van der Waals surface area contributed by atoms with Crippen LogP contribution in [0.2, 0.25) is 0 Å². The number of aryl methyl sites for hydroxylation is 1. The van der Waals surface area contributed by atoms with Crippen molar-refractivity contribution in [3.05, 3.63) is 29.8 Å². The van der Waals surface area contributed by atoms with E-state index < -0.39 is 0 Å². The number of hydrogen-bond donors (Lipinski definition) is 1. The molecule has 19 heavy (non-hydrogen) atoms. The number of rotatable bonds is 2. The largest absolute Gasteiger partial charge is 0.493 e. The molecule has 1 aromatic carbocycles. The molecular formula is C14H15N3O2. The fourth-order valence-electron chi connectivity index (χ4n) is 2.28. The third kappa shape index (κ3) is 2.19. The van der Waals surface area contributed by atoms with Crippen LogP contribution in [-0.2, 0) is 6.42 Å². The summed E-state index contributed by atoms with van der Waals surface area (Å²) in [6.07, 6.45) is 2.08. The summed E-state index contributed by atoms with van der Waals surface area (Å²) in [5, 5.41) is 0. The Balaban J connectivity index is 2.14. The molecule has 0 bridgehead atoms. The van der Waals surface area contributed by atoms with Gasteiger partial charge in [0.1, 0.15) is 5.75 Å². The summed E-state index contributed by atoms with van der Waals surface area (Å²) in [6.45, 7) is 0.738. The lowest BCUT2D eigenvalue weighted by atomic mass is 10.0. The van der Waals surface area contributed by atoms with E-state index in [0.717, 1.165) is 36.5 Å². The quantitative estimate of drug-likeness (QED) is 0.891. The molecule has 0 saturated heterocycles. The van der Waals surface area contributed by atoms with Gasteiger partial charge in [0.15, 0.2) is 0 Å². The predicted molar refractivity (Wildman–Crippen MR) is 72.2 cm³/mol. The standard InChI is InChI=1S/C14H15N3O2/c1-18-12-8-11(16-14(15)17-12)10-6-2-4-9-5-3-7-19-13(9)10/h2,4,6,8H,3,5,7H2,1H3,(H2,15,16,17). The van der Waals surface area contributed by atoms with Gasteiger partial charge in [-0.25, -0.2) is 4.98 Å². The second-order valence-electron chi connectivity index (χ2n) is 4.40. The number of benzene rings is 1. The fourth-order valence-corrected chi connectivity index (χ4v) is 2.28. The van der Waals surface area contributed by atoms with Gasteiger partial charge in [-0.1, -0.05) is 12.1 Å². The molecule has 1 aliphatic heterocycles. The summed E-state index contributed by atoms with van der Waals surface area (Å²) in [7, 11) is 1.56. The van der Waals surface area contributed by atoms with Gasteiger partial charge in [0.25, 0.3) is 0 Å². The fraction of sp³-hybridized carbons (Fsp3) is 0.286. The number of fused-ring (bicyclic) bond motifs is 1. The summed E-state index contributed by atoms with van der Waals surface area (Å²) < 4.78 is 10.9. The molecule has 5 nitrogen and oxygen atoms in total. The lowest BCUT2D eigenvalue weighted by Gasteiger charge is -2.20. The second kappa shape index (κ2) is 4.76. The van der Waals surface area contributed by atoms with Crippen molar-refractivity contribution in [1.82, 2.24) is 9.97 Å². The van der Waals surface area contributed by atoms with Gasteiger partial charge in [-0.05, 0) is 24.5 Å². The Morgan fingerprint density at radius 1 is 1.32 bits per heavy atom. The maximum atomic E-state index is 5.78. The zero-order valence-corrected chi connectivity index (χ0v) is 10.7. The Kier molecular flexibility index (Phi) is 2.95. The van der Waals surface area contributed by atoms with Crippen molar-refractivity contribution in [3.8, 4) is 22.9 Å². The van der Waals surface area contributed by atoms with E-state index >= 15 is 0 Å². The van der Waals surface area contributed by atoms with Crippen LogP contribution in [0.15, 0.2) is 24.3 Å². The Bertz CT molecular complexity index is 614. The lowest BCUT2D eigenvalue weighted by molar-refractivity contribution is 0.289. The number of nitrogens with two attached hydrogens (primary N) is 1. The average molecular weight is 257 g/mol. The van der Waals surface area contributed by atoms with Crippen LogP contribution in [0.1, 0.15) is 12.0 Å². The van der Waals surface area contributed by atoms with E-state index in [9.17, 15) is 0 Å². The Labute approximate surface area is 111 Å². The minimum absolute atomic E-state index is 0.197. The molecule has 98 valence electrons. The van der Waals surface area contributed by atoms with Crippen LogP contribution in [0.5, 0.6) is 11.6 Å². The molecule has 2 heterocycles. The van der Waals surface area contributed by atoms with Crippen LogP contribution in [0.4, 0.5) is 5.95 Å². The zero-order chi connectivity index (χ0) is 13.2. The smallest absolute Gasteiger partial charge is 0.223 e. The summed E-state index contributed by atoms with van der Waals surface area (Å²) >= 11 is 0. The summed E-state index contributed by atoms with van der Waals surface area (Å²) in [4.78, 5) is 8.26. The van der Waals surface area contributed by atoms with E-state index in [4.69, 9.17) is 15.2 Å². The van der Waals surface area contributed by atoms with E-state index in [1.54, 1.807) is 13.2 Å². The van der Waals surface area contributed by atoms with Crippen LogP contribution in [0, 0.1) is 0 Å². The third-order valence-electron chi connectivity index (χ3n) is 3.14. The van der Waals surface area contributed by atoms with Gasteiger partial charge >= 0.3 is 0 Å². The maximum Gasteiger partial charge on any atom is 0.223 e. The zero-order valence-electron chi connectivity index (χ0n) is 10.7. The second-order valence-corrected chi connectivity index (χ2v) is 4.40. The van der Waals surface area contributed by atoms with Crippen LogP contribution in [0.25, 0.3) is 11.3 Å². The van der Waals surface area contributed by atoms with Crippen LogP contribution >= 0.6 is 0 Å². The van der Waals surface area contributed by atoms with Gasteiger partial charge in [0.05, 0.1) is 19.4 Å². The topological polar surface area (TPSA) is 70.3 Å². The molecule has 5 heteroatoms. The Hall–Kier alpha value is -2.30. The van der Waals surface area contributed by atoms with Gasteiger partial charge in [-0.2, -0.15) is 4.98 Å². The van der Waals surface area contributed by atoms with E-state index in [-0.39, 0.29) is 5.95 Å². The van der Waals surface area contributed by atoms with Crippen molar-refractivity contribution < 1.29 is 9.47 Å². The first-order valence-corrected chi connectivity index (χ1v) is 6.21. The van der Waals surface area contributed by atoms with Crippen molar-refractivity contribution in [2.24, 2.45) is 0 Å². The monoisotopic (exact) mass is 257 g/mol. The molecule has 0 spiro atoms. The van der Waals surface area contributed by atoms with Crippen molar-refractivity contribution in [2.45, 2.75) is 12.8 Å². The SMILES string of the molecule is COc1cc(-c2cccc3c2OCCC3)nc(N)n1. The minimum atomic E-state index is 0.197. The maximum absolute atomic E-state index is 5.78. The van der Waals surface area contributed by atoms with Gasteiger partial charge in [-0.3, -0.25) is 0 Å². The van der Waals surface area contributed by atoms with Gasteiger partial charge in [-0.15, -0.1) is 0 Å². The molecule has 3 rings (SSSR count). The highest BCUT2D eigenvalue weighted by atomic mass is 16.5. The van der Waals surface area contributed by atoms with Gasteiger partial charge in [0.2, 0.25) is 11.8 Å². The number of ether oxygens (including phenoxy) is 2. The lowest BCUT2D eigenvalue weighted by Crippen LogP contribution is -2.09. The number of anilines is 1. The Morgan fingerprint density at radius 2 is 2.21 bits per heavy atom. The first-order chi connectivity index (χ1) is 9.28. The molecule has 0 amide bonds. The molecule has 0 aliphatic carbocycles. The molecule has 1 aliphatic rings. The first-order valence-electron chi connectivity index (χ1n) is 6.21. The summed E-state index contributed by atoms with van der Waals surface area (Å²) in [5.41, 5.74) is 8.57. The van der Waals surface area contributed by atoms with E-state index in [0.29, 0.717) is 5.88 Å². The molecule has 0 fully saturated rings. The minimum Gasteiger partial charge on any atom is -0.493 e.